The highest BCUT2D eigenvalue weighted by Crippen LogP contribution is 2.28. The van der Waals surface area contributed by atoms with E-state index in [1.54, 1.807) is 28.1 Å². The summed E-state index contributed by atoms with van der Waals surface area (Å²) in [6, 6.07) is 9.89. The van der Waals surface area contributed by atoms with Gasteiger partial charge in [-0.15, -0.1) is 24.5 Å². The van der Waals surface area contributed by atoms with Gasteiger partial charge in [-0.25, -0.2) is 4.79 Å². The molecule has 0 saturated heterocycles. The van der Waals surface area contributed by atoms with Gasteiger partial charge in [0.2, 0.25) is 0 Å². The maximum Gasteiger partial charge on any atom is 0.573 e. The summed E-state index contributed by atoms with van der Waals surface area (Å²) in [6.45, 7) is 1.90. The number of carbonyl (C=O) groups is 2. The number of alkyl halides is 3. The fourth-order valence-corrected chi connectivity index (χ4v) is 4.64. The minimum absolute atomic E-state index is 0.236. The third-order valence-electron chi connectivity index (χ3n) is 5.71. The Kier molecular flexibility index (Phi) is 11.2. The first-order valence-electron chi connectivity index (χ1n) is 12.5. The van der Waals surface area contributed by atoms with Crippen LogP contribution in [0.1, 0.15) is 16.8 Å². The van der Waals surface area contributed by atoms with Crippen molar-refractivity contribution in [3.05, 3.63) is 58.2 Å². The van der Waals surface area contributed by atoms with E-state index in [0.717, 1.165) is 0 Å². The standard InChI is InChI=1S/C27H32F3N5O5S/c1-34(2)15-13-32-25(37)31-12-5-14-35-22(18-6-8-19(9-7-18)40-27(28,29)30)17-41-26(35)33-24(36)21-11-10-20(38-3)16-23(21)39-4/h6-11,16-17H,5,12-15H2,1-4H3,(H2,31,32,37)/b33-26-. The number of methoxy groups -OCH3 is 2. The second-order valence-corrected chi connectivity index (χ2v) is 9.79. The van der Waals surface area contributed by atoms with E-state index < -0.39 is 12.3 Å². The van der Waals surface area contributed by atoms with E-state index in [-0.39, 0.29) is 17.3 Å². The number of nitrogens with one attached hydrogen (secondary N) is 2. The van der Waals surface area contributed by atoms with Crippen LogP contribution in [0.4, 0.5) is 18.0 Å². The number of amides is 3. The lowest BCUT2D eigenvalue weighted by molar-refractivity contribution is -0.274. The normalized spacial score (nSPS) is 11.9. The van der Waals surface area contributed by atoms with E-state index in [0.29, 0.717) is 60.2 Å². The average Bonchev–Trinajstić information content (AvgIpc) is 3.31. The maximum absolute atomic E-state index is 13.2. The molecule has 0 aliphatic heterocycles. The summed E-state index contributed by atoms with van der Waals surface area (Å²) in [5.41, 5.74) is 1.47. The maximum atomic E-state index is 13.2. The molecule has 0 fully saturated rings. The fourth-order valence-electron chi connectivity index (χ4n) is 3.71. The number of urea groups is 1. The van der Waals surface area contributed by atoms with E-state index in [9.17, 15) is 22.8 Å². The lowest BCUT2D eigenvalue weighted by Crippen LogP contribution is -2.39. The Morgan fingerprint density at radius 3 is 2.32 bits per heavy atom. The Labute approximate surface area is 239 Å². The Balaban J connectivity index is 1.86. The molecule has 14 heteroatoms. The van der Waals surface area contributed by atoms with Gasteiger partial charge in [-0.1, -0.05) is 0 Å². The van der Waals surface area contributed by atoms with Gasteiger partial charge in [-0.05, 0) is 62.5 Å². The zero-order valence-corrected chi connectivity index (χ0v) is 23.9. The minimum atomic E-state index is -4.80. The summed E-state index contributed by atoms with van der Waals surface area (Å²) in [5.74, 6) is -0.0765. The highest BCUT2D eigenvalue weighted by molar-refractivity contribution is 7.07. The van der Waals surface area contributed by atoms with Gasteiger partial charge in [0.15, 0.2) is 4.80 Å². The molecule has 0 aliphatic rings. The number of likely N-dealkylation sites (N-methyl/N-ethyl adjacent to an activating group) is 1. The third kappa shape index (κ3) is 9.53. The fraction of sp³-hybridized carbons (Fsp3) is 0.370. The highest BCUT2D eigenvalue weighted by atomic mass is 32.1. The number of halogens is 3. The monoisotopic (exact) mass is 595 g/mol. The van der Waals surface area contributed by atoms with Gasteiger partial charge in [-0.2, -0.15) is 4.99 Å². The average molecular weight is 596 g/mol. The first-order chi connectivity index (χ1) is 19.5. The molecule has 1 aromatic heterocycles. The second kappa shape index (κ2) is 14.6. The molecule has 0 saturated carbocycles. The number of thiazole rings is 1. The number of hydrogen-bond acceptors (Lipinski definition) is 7. The van der Waals surface area contributed by atoms with Crippen LogP contribution in [0.2, 0.25) is 0 Å². The quantitative estimate of drug-likeness (QED) is 0.305. The number of rotatable bonds is 12. The van der Waals surface area contributed by atoms with Crippen molar-refractivity contribution >= 4 is 23.3 Å². The summed E-state index contributed by atoms with van der Waals surface area (Å²) < 4.78 is 54.1. The predicted octanol–water partition coefficient (Wildman–Crippen LogP) is 4.12. The van der Waals surface area contributed by atoms with Gasteiger partial charge in [0, 0.05) is 37.6 Å². The molecule has 0 aliphatic carbocycles. The van der Waals surface area contributed by atoms with E-state index in [2.05, 4.69) is 20.4 Å². The molecule has 10 nitrogen and oxygen atoms in total. The zero-order valence-electron chi connectivity index (χ0n) is 23.1. The van der Waals surface area contributed by atoms with E-state index in [1.807, 2.05) is 19.0 Å². The van der Waals surface area contributed by atoms with Crippen LogP contribution >= 0.6 is 11.3 Å². The van der Waals surface area contributed by atoms with Gasteiger partial charge in [0.25, 0.3) is 5.91 Å². The molecule has 2 N–H and O–H groups in total. The molecule has 2 aromatic carbocycles. The lowest BCUT2D eigenvalue weighted by Gasteiger charge is -2.13. The number of benzene rings is 2. The Hall–Kier alpha value is -4.04. The summed E-state index contributed by atoms with van der Waals surface area (Å²) in [7, 11) is 6.75. The Morgan fingerprint density at radius 2 is 1.68 bits per heavy atom. The van der Waals surface area contributed by atoms with Crippen molar-refractivity contribution in [1.82, 2.24) is 20.1 Å². The van der Waals surface area contributed by atoms with Crippen LogP contribution in [-0.4, -0.2) is 75.7 Å². The van der Waals surface area contributed by atoms with Gasteiger partial charge in [0.05, 0.1) is 25.5 Å². The molecule has 41 heavy (non-hydrogen) atoms. The van der Waals surface area contributed by atoms with Crippen LogP contribution in [0, 0.1) is 0 Å². The Bertz CT molecular complexity index is 1390. The number of ether oxygens (including phenoxy) is 3. The van der Waals surface area contributed by atoms with Crippen molar-refractivity contribution in [3.8, 4) is 28.5 Å². The topological polar surface area (TPSA) is 106 Å². The molecule has 3 rings (SSSR count). The molecule has 1 heterocycles. The van der Waals surface area contributed by atoms with Crippen molar-refractivity contribution in [2.24, 2.45) is 4.99 Å². The number of nitrogens with zero attached hydrogens (tertiary/aromatic N) is 3. The summed E-state index contributed by atoms with van der Waals surface area (Å²) in [4.78, 5) is 31.8. The Morgan fingerprint density at radius 1 is 1.00 bits per heavy atom. The summed E-state index contributed by atoms with van der Waals surface area (Å²) >= 11 is 1.20. The van der Waals surface area contributed by atoms with Gasteiger partial charge in [0.1, 0.15) is 17.2 Å². The molecule has 3 amide bonds. The molecule has 222 valence electrons. The van der Waals surface area contributed by atoms with Crippen LogP contribution < -0.4 is 29.6 Å². The lowest BCUT2D eigenvalue weighted by atomic mass is 10.1. The number of aromatic nitrogens is 1. The van der Waals surface area contributed by atoms with Crippen LogP contribution in [0.25, 0.3) is 11.3 Å². The van der Waals surface area contributed by atoms with Crippen molar-refractivity contribution in [2.75, 3.05) is 47.9 Å². The van der Waals surface area contributed by atoms with Gasteiger partial charge in [-0.3, -0.25) is 4.79 Å². The van der Waals surface area contributed by atoms with Gasteiger partial charge < -0.3 is 34.3 Å². The first-order valence-corrected chi connectivity index (χ1v) is 13.4. The van der Waals surface area contributed by atoms with E-state index in [1.165, 1.54) is 49.8 Å². The molecule has 0 bridgehead atoms. The van der Waals surface area contributed by atoms with E-state index >= 15 is 0 Å². The largest absolute Gasteiger partial charge is 0.573 e. The molecule has 0 unspecified atom stereocenters. The zero-order chi connectivity index (χ0) is 30.0. The molecular formula is C27H32F3N5O5S. The minimum Gasteiger partial charge on any atom is -0.497 e. The number of hydrogen-bond donors (Lipinski definition) is 2. The smallest absolute Gasteiger partial charge is 0.497 e. The highest BCUT2D eigenvalue weighted by Gasteiger charge is 2.31. The van der Waals surface area contributed by atoms with Gasteiger partial charge >= 0.3 is 12.4 Å². The van der Waals surface area contributed by atoms with Crippen LogP contribution in [-0.2, 0) is 6.54 Å². The van der Waals surface area contributed by atoms with Crippen LogP contribution in [0.3, 0.4) is 0 Å². The van der Waals surface area contributed by atoms with Crippen molar-refractivity contribution in [2.45, 2.75) is 19.3 Å². The summed E-state index contributed by atoms with van der Waals surface area (Å²) in [6.07, 6.45) is -4.31. The third-order valence-corrected chi connectivity index (χ3v) is 6.57. The SMILES string of the molecule is COc1ccc(C(=O)/N=c2\scc(-c3ccc(OC(F)(F)F)cc3)n2CCCNC(=O)NCCN(C)C)c(OC)c1. The number of carbonyl (C=O) groups excluding carboxylic acids is 2. The molecule has 0 atom stereocenters. The van der Waals surface area contributed by atoms with Crippen molar-refractivity contribution < 1.29 is 37.0 Å². The molecule has 3 aromatic rings. The van der Waals surface area contributed by atoms with Crippen LogP contribution in [0.5, 0.6) is 17.2 Å². The summed E-state index contributed by atoms with van der Waals surface area (Å²) in [5, 5.41) is 7.32. The second-order valence-electron chi connectivity index (χ2n) is 8.95. The van der Waals surface area contributed by atoms with E-state index in [4.69, 9.17) is 9.47 Å². The van der Waals surface area contributed by atoms with Crippen LogP contribution in [0.15, 0.2) is 52.8 Å². The molecular weight excluding hydrogens is 563 g/mol. The molecule has 0 spiro atoms. The molecule has 0 radical (unpaired) electrons. The van der Waals surface area contributed by atoms with Crippen molar-refractivity contribution in [1.29, 1.82) is 0 Å². The first kappa shape index (κ1) is 31.5. The van der Waals surface area contributed by atoms with Crippen molar-refractivity contribution in [3.63, 3.8) is 0 Å². The predicted molar refractivity (Wildman–Crippen MR) is 148 cm³/mol.